The van der Waals surface area contributed by atoms with Gasteiger partial charge in [-0.2, -0.15) is 0 Å². The van der Waals surface area contributed by atoms with E-state index in [1.165, 1.54) is 0 Å². The fraction of sp³-hybridized carbons (Fsp3) is 0.400. The number of hydrogen-bond donors (Lipinski definition) is 0. The summed E-state index contributed by atoms with van der Waals surface area (Å²) in [5, 5.41) is 1.42. The van der Waals surface area contributed by atoms with Gasteiger partial charge < -0.3 is 4.74 Å². The molecule has 1 aliphatic heterocycles. The summed E-state index contributed by atoms with van der Waals surface area (Å²) in [5.41, 5.74) is 2.30. The Morgan fingerprint density at radius 1 is 1.36 bits per heavy atom. The molecule has 0 aromatic heterocycles. The molecule has 0 spiro atoms. The molecular weight excluding hydrogens is 287 g/mol. The van der Waals surface area contributed by atoms with Crippen LogP contribution < -0.4 is 0 Å². The van der Waals surface area contributed by atoms with E-state index in [1.807, 2.05) is 6.07 Å². The van der Waals surface area contributed by atoms with Crippen LogP contribution in [0.25, 0.3) is 0 Å². The van der Waals surface area contributed by atoms with E-state index in [9.17, 15) is 0 Å². The Bertz CT molecular complexity index is 354. The number of halogens is 3. The van der Waals surface area contributed by atoms with Crippen molar-refractivity contribution in [1.82, 2.24) is 0 Å². The van der Waals surface area contributed by atoms with Crippen LogP contribution in [0.1, 0.15) is 16.0 Å². The molecule has 0 saturated carbocycles. The molecule has 0 bridgehead atoms. The molecule has 1 aromatic carbocycles. The fourth-order valence-corrected chi connectivity index (χ4v) is 2.82. The molecule has 1 atom stereocenters. The van der Waals surface area contributed by atoms with Crippen molar-refractivity contribution in [3.05, 3.63) is 33.3 Å². The minimum Gasteiger partial charge on any atom is -0.380 e. The Labute approximate surface area is 101 Å². The summed E-state index contributed by atoms with van der Waals surface area (Å²) in [6.45, 7) is 1.39. The number of hydrogen-bond acceptors (Lipinski definition) is 1. The van der Waals surface area contributed by atoms with Crippen LogP contribution in [0.3, 0.4) is 0 Å². The van der Waals surface area contributed by atoms with Crippen molar-refractivity contribution in [2.75, 3.05) is 13.2 Å². The molecule has 0 N–H and O–H groups in total. The zero-order valence-electron chi connectivity index (χ0n) is 7.40. The first-order valence-electron chi connectivity index (χ1n) is 4.38. The molecule has 0 radical (unpaired) electrons. The third-order valence-electron chi connectivity index (χ3n) is 2.29. The van der Waals surface area contributed by atoms with Gasteiger partial charge in [-0.05, 0) is 29.7 Å². The molecule has 1 aliphatic rings. The van der Waals surface area contributed by atoms with Crippen LogP contribution in [0.5, 0.6) is 0 Å². The summed E-state index contributed by atoms with van der Waals surface area (Å²) in [5.74, 6) is 0. The first kappa shape index (κ1) is 10.7. The average Bonchev–Trinajstić information content (AvgIpc) is 2.29. The van der Waals surface area contributed by atoms with Gasteiger partial charge in [0.15, 0.2) is 0 Å². The van der Waals surface area contributed by atoms with Crippen molar-refractivity contribution >= 4 is 39.1 Å². The van der Waals surface area contributed by atoms with Crippen molar-refractivity contribution in [2.24, 2.45) is 0 Å². The van der Waals surface area contributed by atoms with E-state index in [0.29, 0.717) is 11.6 Å². The number of fused-ring (bicyclic) bond motifs is 1. The maximum Gasteiger partial charge on any atom is 0.0632 e. The maximum atomic E-state index is 6.12. The van der Waals surface area contributed by atoms with Crippen molar-refractivity contribution < 1.29 is 4.74 Å². The SMILES string of the molecule is Clc1cc(Cl)c2c(c1)C(Br)COCC2. The van der Waals surface area contributed by atoms with Crippen LogP contribution in [0.4, 0.5) is 0 Å². The molecule has 0 aliphatic carbocycles. The molecule has 1 aromatic rings. The van der Waals surface area contributed by atoms with Crippen LogP contribution in [0.15, 0.2) is 12.1 Å². The summed E-state index contributed by atoms with van der Waals surface area (Å²) >= 11 is 15.6. The lowest BCUT2D eigenvalue weighted by Crippen LogP contribution is -1.98. The normalized spacial score (nSPS) is 21.5. The predicted molar refractivity (Wildman–Crippen MR) is 62.7 cm³/mol. The highest BCUT2D eigenvalue weighted by Gasteiger charge is 2.19. The van der Waals surface area contributed by atoms with Gasteiger partial charge in [0.1, 0.15) is 0 Å². The number of rotatable bonds is 0. The van der Waals surface area contributed by atoms with Gasteiger partial charge in [0.2, 0.25) is 0 Å². The van der Waals surface area contributed by atoms with Crippen molar-refractivity contribution in [1.29, 1.82) is 0 Å². The monoisotopic (exact) mass is 294 g/mol. The Kier molecular flexibility index (Phi) is 3.38. The van der Waals surface area contributed by atoms with E-state index >= 15 is 0 Å². The predicted octanol–water partition coefficient (Wildman–Crippen LogP) is 4.00. The lowest BCUT2D eigenvalue weighted by atomic mass is 10.0. The number of benzene rings is 1. The van der Waals surface area contributed by atoms with E-state index in [4.69, 9.17) is 27.9 Å². The summed E-state index contributed by atoms with van der Waals surface area (Å²) in [6, 6.07) is 3.74. The van der Waals surface area contributed by atoms with E-state index < -0.39 is 0 Å². The van der Waals surface area contributed by atoms with E-state index in [2.05, 4.69) is 15.9 Å². The first-order valence-corrected chi connectivity index (χ1v) is 6.05. The highest BCUT2D eigenvalue weighted by atomic mass is 79.9. The van der Waals surface area contributed by atoms with Gasteiger partial charge in [-0.15, -0.1) is 0 Å². The fourth-order valence-electron chi connectivity index (χ4n) is 1.62. The summed E-state index contributed by atoms with van der Waals surface area (Å²) in [4.78, 5) is 0.191. The van der Waals surface area contributed by atoms with Crippen molar-refractivity contribution in [3.8, 4) is 0 Å². The summed E-state index contributed by atoms with van der Waals surface area (Å²) in [7, 11) is 0. The quantitative estimate of drug-likeness (QED) is 0.657. The summed E-state index contributed by atoms with van der Waals surface area (Å²) < 4.78 is 5.44. The van der Waals surface area contributed by atoms with Gasteiger partial charge in [-0.25, -0.2) is 0 Å². The molecule has 0 fully saturated rings. The molecule has 4 heteroatoms. The molecule has 2 rings (SSSR count). The molecule has 0 saturated heterocycles. The largest absolute Gasteiger partial charge is 0.380 e. The molecule has 14 heavy (non-hydrogen) atoms. The molecule has 1 unspecified atom stereocenters. The second-order valence-corrected chi connectivity index (χ2v) is 5.20. The van der Waals surface area contributed by atoms with Crippen LogP contribution >= 0.6 is 39.1 Å². The Hall–Kier alpha value is 0.240. The molecule has 1 nitrogen and oxygen atoms in total. The summed E-state index contributed by atoms with van der Waals surface area (Å²) in [6.07, 6.45) is 0.855. The second-order valence-electron chi connectivity index (χ2n) is 3.25. The third-order valence-corrected chi connectivity index (χ3v) is 3.61. The molecular formula is C10H9BrCl2O. The zero-order valence-corrected chi connectivity index (χ0v) is 10.5. The zero-order chi connectivity index (χ0) is 10.1. The van der Waals surface area contributed by atoms with Gasteiger partial charge in [0, 0.05) is 10.0 Å². The van der Waals surface area contributed by atoms with Crippen molar-refractivity contribution in [3.63, 3.8) is 0 Å². The van der Waals surface area contributed by atoms with Gasteiger partial charge >= 0.3 is 0 Å². The van der Waals surface area contributed by atoms with Crippen LogP contribution in [0, 0.1) is 0 Å². The average molecular weight is 296 g/mol. The highest BCUT2D eigenvalue weighted by Crippen LogP contribution is 2.35. The van der Waals surface area contributed by atoms with E-state index in [-0.39, 0.29) is 4.83 Å². The van der Waals surface area contributed by atoms with E-state index in [0.717, 1.165) is 29.2 Å². The Morgan fingerprint density at radius 3 is 2.93 bits per heavy atom. The van der Waals surface area contributed by atoms with Crippen molar-refractivity contribution in [2.45, 2.75) is 11.2 Å². The highest BCUT2D eigenvalue weighted by molar-refractivity contribution is 9.09. The van der Waals surface area contributed by atoms with Gasteiger partial charge in [-0.1, -0.05) is 39.1 Å². The lowest BCUT2D eigenvalue weighted by Gasteiger charge is -2.11. The maximum absolute atomic E-state index is 6.12. The lowest BCUT2D eigenvalue weighted by molar-refractivity contribution is 0.146. The first-order chi connectivity index (χ1) is 6.68. The molecule has 1 heterocycles. The number of ether oxygens (including phenoxy) is 1. The Balaban J connectivity index is 2.53. The third kappa shape index (κ3) is 2.08. The van der Waals surface area contributed by atoms with Crippen LogP contribution in [0.2, 0.25) is 10.0 Å². The minimum atomic E-state index is 0.191. The second kappa shape index (κ2) is 4.40. The Morgan fingerprint density at radius 2 is 2.14 bits per heavy atom. The van der Waals surface area contributed by atoms with E-state index in [1.54, 1.807) is 6.07 Å². The van der Waals surface area contributed by atoms with Gasteiger partial charge in [0.05, 0.1) is 18.0 Å². The smallest absolute Gasteiger partial charge is 0.0632 e. The number of alkyl halides is 1. The standard InChI is InChI=1S/C10H9BrCl2O/c11-9-5-14-2-1-7-8(9)3-6(12)4-10(7)13/h3-4,9H,1-2,5H2. The van der Waals surface area contributed by atoms with Gasteiger partial charge in [-0.3, -0.25) is 0 Å². The van der Waals surface area contributed by atoms with Crippen LogP contribution in [-0.4, -0.2) is 13.2 Å². The molecule has 0 amide bonds. The van der Waals surface area contributed by atoms with Crippen LogP contribution in [-0.2, 0) is 11.2 Å². The molecule has 76 valence electrons. The van der Waals surface area contributed by atoms with Gasteiger partial charge in [0.25, 0.3) is 0 Å². The minimum absolute atomic E-state index is 0.191. The topological polar surface area (TPSA) is 9.23 Å².